The summed E-state index contributed by atoms with van der Waals surface area (Å²) >= 11 is 7.40. The third kappa shape index (κ3) is 3.40. The van der Waals surface area contributed by atoms with Crippen LogP contribution in [-0.2, 0) is 10.0 Å². The molecule has 0 fully saturated rings. The molecule has 0 bridgehead atoms. The van der Waals surface area contributed by atoms with Crippen molar-refractivity contribution in [1.82, 2.24) is 4.98 Å². The van der Waals surface area contributed by atoms with Gasteiger partial charge in [-0.2, -0.15) is 0 Å². The molecule has 0 amide bonds. The predicted molar refractivity (Wildman–Crippen MR) is 78.3 cm³/mol. The molecule has 0 atom stereocenters. The number of halogens is 1. The maximum absolute atomic E-state index is 12.2. The number of hydrogen-bond acceptors (Lipinski definition) is 4. The Balaban J connectivity index is 2.34. The Kier molecular flexibility index (Phi) is 4.34. The van der Waals surface area contributed by atoms with Crippen LogP contribution in [0.25, 0.3) is 0 Å². The highest BCUT2D eigenvalue weighted by Gasteiger charge is 2.18. The number of aromatic nitrogens is 1. The van der Waals surface area contributed by atoms with Crippen molar-refractivity contribution >= 4 is 39.1 Å². The monoisotopic (exact) mass is 314 g/mol. The average Bonchev–Trinajstić information content (AvgIpc) is 2.38. The van der Waals surface area contributed by atoms with Crippen LogP contribution >= 0.6 is 23.4 Å². The summed E-state index contributed by atoms with van der Waals surface area (Å²) in [6.07, 6.45) is 4.59. The molecule has 100 valence electrons. The molecule has 19 heavy (non-hydrogen) atoms. The maximum atomic E-state index is 12.2. The normalized spacial score (nSPS) is 11.3. The standard InChI is InChI=1S/C12H11ClN2O2S2/c1-18-10-4-2-3-9(7-10)15-19(16,17)12-8-14-6-5-11(12)13/h2-8,15H,1H3. The third-order valence-electron chi connectivity index (χ3n) is 2.35. The fraction of sp³-hybridized carbons (Fsp3) is 0.0833. The first kappa shape index (κ1) is 14.2. The van der Waals surface area contributed by atoms with Crippen LogP contribution in [0.15, 0.2) is 52.5 Å². The molecule has 0 saturated carbocycles. The zero-order valence-electron chi connectivity index (χ0n) is 10.00. The largest absolute Gasteiger partial charge is 0.280 e. The van der Waals surface area contributed by atoms with Gasteiger partial charge in [0.1, 0.15) is 4.90 Å². The smallest absolute Gasteiger partial charge is 0.264 e. The van der Waals surface area contributed by atoms with Crippen molar-refractivity contribution in [2.24, 2.45) is 0 Å². The van der Waals surface area contributed by atoms with Crippen molar-refractivity contribution in [2.45, 2.75) is 9.79 Å². The van der Waals surface area contributed by atoms with Gasteiger partial charge >= 0.3 is 0 Å². The van der Waals surface area contributed by atoms with Gasteiger partial charge < -0.3 is 0 Å². The Morgan fingerprint density at radius 2 is 2.11 bits per heavy atom. The SMILES string of the molecule is CSc1cccc(NS(=O)(=O)c2cnccc2Cl)c1. The number of thioether (sulfide) groups is 1. The number of nitrogens with zero attached hydrogens (tertiary/aromatic N) is 1. The second-order valence-corrected chi connectivity index (χ2v) is 6.58. The molecular weight excluding hydrogens is 304 g/mol. The van der Waals surface area contributed by atoms with E-state index >= 15 is 0 Å². The van der Waals surface area contributed by atoms with E-state index in [0.29, 0.717) is 5.69 Å². The van der Waals surface area contributed by atoms with E-state index < -0.39 is 10.0 Å². The number of hydrogen-bond donors (Lipinski definition) is 1. The van der Waals surface area contributed by atoms with Gasteiger partial charge in [-0.1, -0.05) is 17.7 Å². The lowest BCUT2D eigenvalue weighted by atomic mass is 10.3. The number of sulfonamides is 1. The van der Waals surface area contributed by atoms with Crippen LogP contribution in [0.1, 0.15) is 0 Å². The molecule has 2 rings (SSSR count). The summed E-state index contributed by atoms with van der Waals surface area (Å²) in [4.78, 5) is 4.71. The molecule has 2 aromatic rings. The number of benzene rings is 1. The summed E-state index contributed by atoms with van der Waals surface area (Å²) in [6.45, 7) is 0. The number of rotatable bonds is 4. The quantitative estimate of drug-likeness (QED) is 0.880. The van der Waals surface area contributed by atoms with Crippen molar-refractivity contribution < 1.29 is 8.42 Å². The van der Waals surface area contributed by atoms with E-state index in [2.05, 4.69) is 9.71 Å². The fourth-order valence-electron chi connectivity index (χ4n) is 1.46. The number of pyridine rings is 1. The second-order valence-electron chi connectivity index (χ2n) is 3.64. The van der Waals surface area contributed by atoms with E-state index in [-0.39, 0.29) is 9.92 Å². The molecule has 0 spiro atoms. The van der Waals surface area contributed by atoms with E-state index in [4.69, 9.17) is 11.6 Å². The van der Waals surface area contributed by atoms with E-state index in [1.54, 1.807) is 18.2 Å². The topological polar surface area (TPSA) is 59.1 Å². The first-order valence-corrected chi connectivity index (χ1v) is 8.38. The summed E-state index contributed by atoms with van der Waals surface area (Å²) in [7, 11) is -3.72. The highest BCUT2D eigenvalue weighted by atomic mass is 35.5. The minimum atomic E-state index is -3.72. The Labute approximate surface area is 121 Å². The summed E-state index contributed by atoms with van der Waals surface area (Å²) in [5.74, 6) is 0. The zero-order valence-corrected chi connectivity index (χ0v) is 12.4. The summed E-state index contributed by atoms with van der Waals surface area (Å²) in [5.41, 5.74) is 0.492. The Hall–Kier alpha value is -1.24. The highest BCUT2D eigenvalue weighted by molar-refractivity contribution is 7.98. The Morgan fingerprint density at radius 1 is 1.32 bits per heavy atom. The summed E-state index contributed by atoms with van der Waals surface area (Å²) in [6, 6.07) is 8.57. The molecular formula is C12H11ClN2O2S2. The molecule has 0 aliphatic rings. The average molecular weight is 315 g/mol. The minimum Gasteiger partial charge on any atom is -0.280 e. The molecule has 1 aromatic carbocycles. The van der Waals surface area contributed by atoms with Crippen LogP contribution in [0.5, 0.6) is 0 Å². The van der Waals surface area contributed by atoms with Crippen LogP contribution in [0.3, 0.4) is 0 Å². The van der Waals surface area contributed by atoms with Crippen molar-refractivity contribution in [3.63, 3.8) is 0 Å². The van der Waals surface area contributed by atoms with Crippen LogP contribution in [0, 0.1) is 0 Å². The van der Waals surface area contributed by atoms with Gasteiger partial charge in [-0.15, -0.1) is 11.8 Å². The third-order valence-corrected chi connectivity index (χ3v) is 4.92. The van der Waals surface area contributed by atoms with Gasteiger partial charge in [-0.3, -0.25) is 9.71 Å². The minimum absolute atomic E-state index is 0.0359. The van der Waals surface area contributed by atoms with E-state index in [1.807, 2.05) is 12.3 Å². The maximum Gasteiger partial charge on any atom is 0.264 e. The van der Waals surface area contributed by atoms with Gasteiger partial charge in [-0.25, -0.2) is 8.42 Å². The Bertz CT molecular complexity index is 690. The van der Waals surface area contributed by atoms with Gasteiger partial charge in [0.25, 0.3) is 10.0 Å². The zero-order chi connectivity index (χ0) is 13.9. The molecule has 1 aromatic heterocycles. The van der Waals surface area contributed by atoms with Gasteiger partial charge in [-0.05, 0) is 30.5 Å². The molecule has 0 aliphatic heterocycles. The molecule has 0 radical (unpaired) electrons. The van der Waals surface area contributed by atoms with Crippen LogP contribution < -0.4 is 4.72 Å². The van der Waals surface area contributed by atoms with Crippen LogP contribution in [-0.4, -0.2) is 19.7 Å². The first-order chi connectivity index (χ1) is 9.03. The Morgan fingerprint density at radius 3 is 2.79 bits per heavy atom. The lowest BCUT2D eigenvalue weighted by Crippen LogP contribution is -2.13. The number of anilines is 1. The van der Waals surface area contributed by atoms with Crippen molar-refractivity contribution in [1.29, 1.82) is 0 Å². The molecule has 0 unspecified atom stereocenters. The molecule has 1 heterocycles. The van der Waals surface area contributed by atoms with Crippen LogP contribution in [0.4, 0.5) is 5.69 Å². The lowest BCUT2D eigenvalue weighted by Gasteiger charge is -2.09. The van der Waals surface area contributed by atoms with Gasteiger partial charge in [0.15, 0.2) is 0 Å². The number of nitrogens with one attached hydrogen (secondary N) is 1. The highest BCUT2D eigenvalue weighted by Crippen LogP contribution is 2.24. The molecule has 1 N–H and O–H groups in total. The van der Waals surface area contributed by atoms with Crippen LogP contribution in [0.2, 0.25) is 5.02 Å². The van der Waals surface area contributed by atoms with Crippen molar-refractivity contribution in [2.75, 3.05) is 11.0 Å². The van der Waals surface area contributed by atoms with Crippen molar-refractivity contribution in [3.8, 4) is 0 Å². The first-order valence-electron chi connectivity index (χ1n) is 5.29. The van der Waals surface area contributed by atoms with E-state index in [0.717, 1.165) is 4.90 Å². The van der Waals surface area contributed by atoms with E-state index in [9.17, 15) is 8.42 Å². The fourth-order valence-corrected chi connectivity index (χ4v) is 3.40. The molecule has 0 saturated heterocycles. The summed E-state index contributed by atoms with van der Waals surface area (Å²) < 4.78 is 26.8. The van der Waals surface area contributed by atoms with Crippen molar-refractivity contribution in [3.05, 3.63) is 47.7 Å². The van der Waals surface area contributed by atoms with Gasteiger partial charge in [0.05, 0.1) is 5.02 Å². The predicted octanol–water partition coefficient (Wildman–Crippen LogP) is 3.26. The molecule has 0 aliphatic carbocycles. The lowest BCUT2D eigenvalue weighted by molar-refractivity contribution is 0.601. The summed E-state index contributed by atoms with van der Waals surface area (Å²) in [5, 5.41) is 0.142. The molecule has 7 heteroatoms. The second kappa shape index (κ2) is 5.81. The molecule has 4 nitrogen and oxygen atoms in total. The van der Waals surface area contributed by atoms with Gasteiger partial charge in [0.2, 0.25) is 0 Å². The van der Waals surface area contributed by atoms with E-state index in [1.165, 1.54) is 30.2 Å². The van der Waals surface area contributed by atoms with Gasteiger partial charge in [0, 0.05) is 23.0 Å².